The van der Waals surface area contributed by atoms with Crippen molar-refractivity contribution in [3.05, 3.63) is 29.3 Å². The van der Waals surface area contributed by atoms with Crippen LogP contribution in [0.5, 0.6) is 5.75 Å². The fourth-order valence-electron chi connectivity index (χ4n) is 2.85. The zero-order valence-electron chi connectivity index (χ0n) is 12.1. The van der Waals surface area contributed by atoms with Crippen LogP contribution in [0.2, 0.25) is 0 Å². The van der Waals surface area contributed by atoms with E-state index in [0.29, 0.717) is 12.0 Å². The highest BCUT2D eigenvalue weighted by Crippen LogP contribution is 2.36. The van der Waals surface area contributed by atoms with Crippen molar-refractivity contribution in [2.75, 3.05) is 6.61 Å². The maximum atomic E-state index is 5.91. The molecular formula is C17H25NO. The number of benzene rings is 1. The molecule has 104 valence electrons. The molecule has 2 unspecified atom stereocenters. The Kier molecular flexibility index (Phi) is 3.79. The van der Waals surface area contributed by atoms with Gasteiger partial charge in [-0.05, 0) is 49.7 Å². The molecule has 2 heteroatoms. The van der Waals surface area contributed by atoms with Crippen LogP contribution in [-0.2, 0) is 0 Å². The van der Waals surface area contributed by atoms with Gasteiger partial charge in [0, 0.05) is 17.6 Å². The first-order valence-corrected chi connectivity index (χ1v) is 7.80. The van der Waals surface area contributed by atoms with Gasteiger partial charge in [0.2, 0.25) is 0 Å². The molecule has 1 aliphatic heterocycles. The smallest absolute Gasteiger partial charge is 0.124 e. The van der Waals surface area contributed by atoms with Crippen LogP contribution in [0.4, 0.5) is 0 Å². The molecule has 1 aromatic carbocycles. The predicted molar refractivity (Wildman–Crippen MR) is 78.8 cm³/mol. The Labute approximate surface area is 116 Å². The van der Waals surface area contributed by atoms with E-state index in [4.69, 9.17) is 4.74 Å². The summed E-state index contributed by atoms with van der Waals surface area (Å²) in [6.45, 7) is 5.42. The van der Waals surface area contributed by atoms with Gasteiger partial charge >= 0.3 is 0 Å². The number of ether oxygens (including phenoxy) is 1. The largest absolute Gasteiger partial charge is 0.493 e. The van der Waals surface area contributed by atoms with Gasteiger partial charge in [0.1, 0.15) is 5.75 Å². The quantitative estimate of drug-likeness (QED) is 0.876. The molecule has 0 spiro atoms. The van der Waals surface area contributed by atoms with E-state index in [-0.39, 0.29) is 0 Å². The zero-order chi connectivity index (χ0) is 13.2. The van der Waals surface area contributed by atoms with Crippen molar-refractivity contribution in [3.63, 3.8) is 0 Å². The molecule has 2 nitrogen and oxygen atoms in total. The van der Waals surface area contributed by atoms with E-state index in [1.165, 1.54) is 36.8 Å². The lowest BCUT2D eigenvalue weighted by atomic mass is 9.93. The van der Waals surface area contributed by atoms with E-state index < -0.39 is 0 Å². The van der Waals surface area contributed by atoms with Crippen LogP contribution in [0.3, 0.4) is 0 Å². The average Bonchev–Trinajstić information content (AvgIpc) is 3.26. The Morgan fingerprint density at radius 2 is 2.16 bits per heavy atom. The lowest BCUT2D eigenvalue weighted by molar-refractivity contribution is 0.315. The second-order valence-corrected chi connectivity index (χ2v) is 6.09. The van der Waals surface area contributed by atoms with Gasteiger partial charge in [-0.25, -0.2) is 0 Å². The maximum Gasteiger partial charge on any atom is 0.124 e. The van der Waals surface area contributed by atoms with E-state index in [1.807, 2.05) is 0 Å². The van der Waals surface area contributed by atoms with Crippen molar-refractivity contribution in [1.82, 2.24) is 5.32 Å². The molecule has 3 rings (SSSR count). The van der Waals surface area contributed by atoms with E-state index in [0.717, 1.165) is 24.8 Å². The van der Waals surface area contributed by atoms with Gasteiger partial charge in [0.25, 0.3) is 0 Å². The molecule has 1 heterocycles. The third-order valence-electron chi connectivity index (χ3n) is 4.50. The van der Waals surface area contributed by atoms with Crippen LogP contribution in [-0.4, -0.2) is 12.6 Å². The maximum absolute atomic E-state index is 5.91. The first-order chi connectivity index (χ1) is 9.28. The summed E-state index contributed by atoms with van der Waals surface area (Å²) in [6, 6.07) is 8.06. The van der Waals surface area contributed by atoms with Gasteiger partial charge in [-0.1, -0.05) is 26.0 Å². The Hall–Kier alpha value is -1.02. The van der Waals surface area contributed by atoms with Crippen molar-refractivity contribution in [1.29, 1.82) is 0 Å². The SMILES string of the molecule is CCC(C)c1ccc2c(c1)C(NC1CC1)CCCO2. The van der Waals surface area contributed by atoms with E-state index in [2.05, 4.69) is 37.4 Å². The molecule has 0 bridgehead atoms. The summed E-state index contributed by atoms with van der Waals surface area (Å²) in [7, 11) is 0. The van der Waals surface area contributed by atoms with Gasteiger partial charge in [-0.15, -0.1) is 0 Å². The van der Waals surface area contributed by atoms with Crippen molar-refractivity contribution >= 4 is 0 Å². The topological polar surface area (TPSA) is 21.3 Å². The fourth-order valence-corrected chi connectivity index (χ4v) is 2.85. The molecule has 2 atom stereocenters. The predicted octanol–water partition coefficient (Wildman–Crippen LogP) is 4.17. The molecular weight excluding hydrogens is 234 g/mol. The van der Waals surface area contributed by atoms with E-state index in [9.17, 15) is 0 Å². The van der Waals surface area contributed by atoms with Crippen LogP contribution >= 0.6 is 0 Å². The van der Waals surface area contributed by atoms with Gasteiger partial charge in [-0.3, -0.25) is 0 Å². The zero-order valence-corrected chi connectivity index (χ0v) is 12.1. The number of hydrogen-bond donors (Lipinski definition) is 1. The summed E-state index contributed by atoms with van der Waals surface area (Å²) in [6.07, 6.45) is 6.24. The lowest BCUT2D eigenvalue weighted by Crippen LogP contribution is -2.23. The number of rotatable bonds is 4. The van der Waals surface area contributed by atoms with Gasteiger partial charge < -0.3 is 10.1 Å². The molecule has 1 fully saturated rings. The van der Waals surface area contributed by atoms with Gasteiger partial charge in [0.05, 0.1) is 6.61 Å². The summed E-state index contributed by atoms with van der Waals surface area (Å²) in [4.78, 5) is 0. The third-order valence-corrected chi connectivity index (χ3v) is 4.50. The average molecular weight is 259 g/mol. The minimum absolute atomic E-state index is 0.494. The number of nitrogens with one attached hydrogen (secondary N) is 1. The molecule has 1 saturated carbocycles. The summed E-state index contributed by atoms with van der Waals surface area (Å²) >= 11 is 0. The molecule has 1 aromatic rings. The molecule has 2 aliphatic rings. The Bertz CT molecular complexity index is 439. The van der Waals surface area contributed by atoms with Crippen molar-refractivity contribution in [2.24, 2.45) is 0 Å². The monoisotopic (exact) mass is 259 g/mol. The van der Waals surface area contributed by atoms with Crippen molar-refractivity contribution < 1.29 is 4.74 Å². The minimum atomic E-state index is 0.494. The normalized spacial score (nSPS) is 24.2. The van der Waals surface area contributed by atoms with Crippen LogP contribution in [0.15, 0.2) is 18.2 Å². The van der Waals surface area contributed by atoms with Crippen LogP contribution in [0.1, 0.15) is 69.0 Å². The van der Waals surface area contributed by atoms with E-state index >= 15 is 0 Å². The molecule has 0 saturated heterocycles. The van der Waals surface area contributed by atoms with Crippen LogP contribution in [0.25, 0.3) is 0 Å². The second kappa shape index (κ2) is 5.54. The van der Waals surface area contributed by atoms with Crippen LogP contribution in [0, 0.1) is 0 Å². The number of hydrogen-bond acceptors (Lipinski definition) is 2. The molecule has 1 N–H and O–H groups in total. The van der Waals surface area contributed by atoms with Crippen molar-refractivity contribution in [2.45, 2.75) is 64.0 Å². The summed E-state index contributed by atoms with van der Waals surface area (Å²) < 4.78 is 5.91. The molecule has 19 heavy (non-hydrogen) atoms. The summed E-state index contributed by atoms with van der Waals surface area (Å²) in [5.74, 6) is 1.73. The van der Waals surface area contributed by atoms with Crippen LogP contribution < -0.4 is 10.1 Å². The van der Waals surface area contributed by atoms with E-state index in [1.54, 1.807) is 0 Å². The Balaban J connectivity index is 1.89. The highest BCUT2D eigenvalue weighted by atomic mass is 16.5. The first kappa shape index (κ1) is 13.0. The highest BCUT2D eigenvalue weighted by molar-refractivity contribution is 5.41. The van der Waals surface area contributed by atoms with Gasteiger partial charge in [-0.2, -0.15) is 0 Å². The Morgan fingerprint density at radius 1 is 1.32 bits per heavy atom. The fraction of sp³-hybridized carbons (Fsp3) is 0.647. The summed E-state index contributed by atoms with van der Waals surface area (Å²) in [5.41, 5.74) is 2.84. The molecule has 0 radical (unpaired) electrons. The molecule has 0 amide bonds. The third kappa shape index (κ3) is 2.94. The Morgan fingerprint density at radius 3 is 2.89 bits per heavy atom. The summed E-state index contributed by atoms with van der Waals surface area (Å²) in [5, 5.41) is 3.79. The molecule has 0 aromatic heterocycles. The highest BCUT2D eigenvalue weighted by Gasteiger charge is 2.28. The van der Waals surface area contributed by atoms with Crippen molar-refractivity contribution in [3.8, 4) is 5.75 Å². The first-order valence-electron chi connectivity index (χ1n) is 7.80. The standard InChI is InChI=1S/C17H25NO/c1-3-12(2)13-6-9-17-15(11-13)16(5-4-10-19-17)18-14-7-8-14/h6,9,11-12,14,16,18H,3-5,7-8,10H2,1-2H3. The number of fused-ring (bicyclic) bond motifs is 1. The molecule has 1 aliphatic carbocycles. The lowest BCUT2D eigenvalue weighted by Gasteiger charge is -2.20. The second-order valence-electron chi connectivity index (χ2n) is 6.09. The minimum Gasteiger partial charge on any atom is -0.493 e. The van der Waals surface area contributed by atoms with Gasteiger partial charge in [0.15, 0.2) is 0 Å².